The molecule has 0 spiro atoms. The van der Waals surface area contributed by atoms with Crippen molar-refractivity contribution in [2.24, 2.45) is 0 Å². The van der Waals surface area contributed by atoms with Crippen molar-refractivity contribution in [2.45, 2.75) is 19.4 Å². The number of β-amino-alcohol motifs (C(OH)–C–C–N with tert-alkyl or cyclic N) is 1. The van der Waals surface area contributed by atoms with Crippen molar-refractivity contribution in [3.8, 4) is 5.69 Å². The van der Waals surface area contributed by atoms with E-state index in [1.807, 2.05) is 24.3 Å². The van der Waals surface area contributed by atoms with Crippen molar-refractivity contribution in [3.05, 3.63) is 63.5 Å². The summed E-state index contributed by atoms with van der Waals surface area (Å²) in [5, 5.41) is 10.9. The number of aromatic nitrogens is 2. The van der Waals surface area contributed by atoms with E-state index in [4.69, 9.17) is 11.6 Å². The van der Waals surface area contributed by atoms with Gasteiger partial charge in [-0.2, -0.15) is 0 Å². The zero-order valence-corrected chi connectivity index (χ0v) is 14.6. The topological polar surface area (TPSA) is 58.4 Å². The zero-order valence-electron chi connectivity index (χ0n) is 13.8. The van der Waals surface area contributed by atoms with Gasteiger partial charge in [-0.3, -0.25) is 9.36 Å². The Morgan fingerprint density at radius 1 is 1.32 bits per heavy atom. The molecule has 5 nitrogen and oxygen atoms in total. The Morgan fingerprint density at radius 2 is 2.16 bits per heavy atom. The van der Waals surface area contributed by atoms with Crippen molar-refractivity contribution in [1.82, 2.24) is 9.55 Å². The lowest BCUT2D eigenvalue weighted by Crippen LogP contribution is -2.32. The van der Waals surface area contributed by atoms with Gasteiger partial charge in [0.2, 0.25) is 0 Å². The summed E-state index contributed by atoms with van der Waals surface area (Å²) in [6, 6.07) is 11.2. The van der Waals surface area contributed by atoms with E-state index >= 15 is 0 Å². The molecule has 128 valence electrons. The van der Waals surface area contributed by atoms with Crippen LogP contribution < -0.4 is 10.5 Å². The van der Waals surface area contributed by atoms with Gasteiger partial charge < -0.3 is 10.0 Å². The highest BCUT2D eigenvalue weighted by atomic mass is 35.5. The standard InChI is InChI=1S/C19H18ClN3O2/c1-12-10-16-17(22(12)8-9-24)15-6-3-7-21-18(15)23(19(16)25)14-5-2-4-13(20)11-14/h2-7,11-12,24H,8-10H2,1H3. The number of nitrogens with zero attached hydrogens (tertiary/aromatic N) is 3. The molecule has 1 N–H and O–H groups in total. The Kier molecular flexibility index (Phi) is 3.98. The Hall–Kier alpha value is -2.37. The van der Waals surface area contributed by atoms with Gasteiger partial charge in [0.15, 0.2) is 0 Å². The molecule has 25 heavy (non-hydrogen) atoms. The molecule has 1 unspecified atom stereocenters. The predicted molar refractivity (Wildman–Crippen MR) is 99.9 cm³/mol. The number of aliphatic hydroxyl groups is 1. The molecule has 0 fully saturated rings. The van der Waals surface area contributed by atoms with Gasteiger partial charge >= 0.3 is 0 Å². The number of benzene rings is 1. The van der Waals surface area contributed by atoms with Gasteiger partial charge in [0, 0.05) is 41.2 Å². The molecule has 1 aliphatic rings. The van der Waals surface area contributed by atoms with E-state index in [1.165, 1.54) is 0 Å². The Bertz CT molecular complexity index is 1020. The van der Waals surface area contributed by atoms with Crippen LogP contribution in [0.15, 0.2) is 47.4 Å². The lowest BCUT2D eigenvalue weighted by atomic mass is 10.1. The summed E-state index contributed by atoms with van der Waals surface area (Å²) in [4.78, 5) is 19.8. The molecule has 0 bridgehead atoms. The van der Waals surface area contributed by atoms with Crippen LogP contribution in [0.25, 0.3) is 16.7 Å². The Labute approximate surface area is 150 Å². The van der Waals surface area contributed by atoms with Crippen LogP contribution in [0.5, 0.6) is 0 Å². The molecule has 0 aliphatic carbocycles. The maximum Gasteiger partial charge on any atom is 0.262 e. The number of hydrogen-bond donors (Lipinski definition) is 1. The smallest absolute Gasteiger partial charge is 0.262 e. The first-order valence-electron chi connectivity index (χ1n) is 8.28. The van der Waals surface area contributed by atoms with Crippen LogP contribution in [-0.4, -0.2) is 33.9 Å². The maximum atomic E-state index is 13.3. The fourth-order valence-corrected chi connectivity index (χ4v) is 3.87. The first-order valence-corrected chi connectivity index (χ1v) is 8.65. The monoisotopic (exact) mass is 355 g/mol. The van der Waals surface area contributed by atoms with Crippen molar-refractivity contribution in [2.75, 3.05) is 18.1 Å². The molecule has 0 saturated heterocycles. The van der Waals surface area contributed by atoms with Crippen LogP contribution in [0.1, 0.15) is 12.5 Å². The van der Waals surface area contributed by atoms with Crippen molar-refractivity contribution in [1.29, 1.82) is 0 Å². The summed E-state index contributed by atoms with van der Waals surface area (Å²) >= 11 is 6.13. The van der Waals surface area contributed by atoms with Gasteiger partial charge in [-0.1, -0.05) is 17.7 Å². The average molecular weight is 356 g/mol. The SMILES string of the molecule is CC1Cc2c(c3cccnc3n(-c3cccc(Cl)c3)c2=O)N1CCO. The number of fused-ring (bicyclic) bond motifs is 3. The van der Waals surface area contributed by atoms with Crippen LogP contribution in [0.4, 0.5) is 5.69 Å². The molecular formula is C19H18ClN3O2. The molecule has 4 rings (SSSR count). The number of halogens is 1. The number of pyridine rings is 2. The normalized spacial score (nSPS) is 16.4. The fraction of sp³-hybridized carbons (Fsp3) is 0.263. The minimum Gasteiger partial charge on any atom is -0.395 e. The van der Waals surface area contributed by atoms with E-state index < -0.39 is 0 Å². The average Bonchev–Trinajstić information content (AvgIpc) is 2.93. The van der Waals surface area contributed by atoms with Crippen LogP contribution in [0.3, 0.4) is 0 Å². The zero-order chi connectivity index (χ0) is 17.6. The van der Waals surface area contributed by atoms with E-state index in [-0.39, 0.29) is 18.2 Å². The van der Waals surface area contributed by atoms with E-state index in [0.29, 0.717) is 29.3 Å². The summed E-state index contributed by atoms with van der Waals surface area (Å²) in [7, 11) is 0. The molecule has 3 aromatic rings. The number of anilines is 1. The fourth-order valence-electron chi connectivity index (χ4n) is 3.69. The molecule has 0 amide bonds. The summed E-state index contributed by atoms with van der Waals surface area (Å²) in [5.41, 5.74) is 2.90. The molecular weight excluding hydrogens is 338 g/mol. The second kappa shape index (κ2) is 6.17. The second-order valence-corrected chi connectivity index (χ2v) is 6.73. The van der Waals surface area contributed by atoms with Crippen molar-refractivity contribution in [3.63, 3.8) is 0 Å². The van der Waals surface area contributed by atoms with E-state index in [9.17, 15) is 9.90 Å². The summed E-state index contributed by atoms with van der Waals surface area (Å²) in [6.07, 6.45) is 2.34. The van der Waals surface area contributed by atoms with E-state index in [2.05, 4.69) is 16.8 Å². The maximum absolute atomic E-state index is 13.3. The largest absolute Gasteiger partial charge is 0.395 e. The third-order valence-electron chi connectivity index (χ3n) is 4.73. The van der Waals surface area contributed by atoms with Gasteiger partial charge in [0.25, 0.3) is 5.56 Å². The molecule has 0 radical (unpaired) electrons. The van der Waals surface area contributed by atoms with Crippen LogP contribution in [0, 0.1) is 0 Å². The van der Waals surface area contributed by atoms with Gasteiger partial charge in [-0.15, -0.1) is 0 Å². The summed E-state index contributed by atoms with van der Waals surface area (Å²) in [6.45, 7) is 2.61. The number of rotatable bonds is 3. The first kappa shape index (κ1) is 16.1. The number of aliphatic hydroxyl groups excluding tert-OH is 1. The highest BCUT2D eigenvalue weighted by Crippen LogP contribution is 2.36. The summed E-state index contributed by atoms with van der Waals surface area (Å²) < 4.78 is 1.63. The van der Waals surface area contributed by atoms with Crippen LogP contribution >= 0.6 is 11.6 Å². The third kappa shape index (κ3) is 2.51. The van der Waals surface area contributed by atoms with Crippen LogP contribution in [0.2, 0.25) is 5.02 Å². The Morgan fingerprint density at radius 3 is 2.92 bits per heavy atom. The molecule has 0 saturated carbocycles. The van der Waals surface area contributed by atoms with Gasteiger partial charge in [0.1, 0.15) is 5.65 Å². The third-order valence-corrected chi connectivity index (χ3v) is 4.96. The molecule has 1 aromatic carbocycles. The molecule has 1 atom stereocenters. The van der Waals surface area contributed by atoms with Gasteiger partial charge in [0.05, 0.1) is 18.0 Å². The highest BCUT2D eigenvalue weighted by Gasteiger charge is 2.32. The lowest BCUT2D eigenvalue weighted by molar-refractivity contribution is 0.299. The minimum atomic E-state index is -0.0734. The van der Waals surface area contributed by atoms with Crippen molar-refractivity contribution >= 4 is 28.3 Å². The quantitative estimate of drug-likeness (QED) is 0.785. The first-order chi connectivity index (χ1) is 12.1. The van der Waals surface area contributed by atoms with Crippen LogP contribution in [-0.2, 0) is 6.42 Å². The molecule has 1 aliphatic heterocycles. The lowest BCUT2D eigenvalue weighted by Gasteiger charge is -2.25. The molecule has 2 aromatic heterocycles. The number of hydrogen-bond acceptors (Lipinski definition) is 4. The summed E-state index contributed by atoms with van der Waals surface area (Å²) in [5.74, 6) is 0. The predicted octanol–water partition coefficient (Wildman–Crippen LogP) is 2.78. The molecule has 6 heteroatoms. The van der Waals surface area contributed by atoms with E-state index in [0.717, 1.165) is 16.6 Å². The van der Waals surface area contributed by atoms with Gasteiger partial charge in [-0.05, 0) is 37.3 Å². The second-order valence-electron chi connectivity index (χ2n) is 6.29. The van der Waals surface area contributed by atoms with Crippen molar-refractivity contribution < 1.29 is 5.11 Å². The highest BCUT2D eigenvalue weighted by molar-refractivity contribution is 6.30. The molecule has 3 heterocycles. The van der Waals surface area contributed by atoms with E-state index in [1.54, 1.807) is 22.9 Å². The minimum absolute atomic E-state index is 0.0446. The Balaban J connectivity index is 2.08. The van der Waals surface area contributed by atoms with Gasteiger partial charge in [-0.25, -0.2) is 4.98 Å².